The van der Waals surface area contributed by atoms with Crippen LogP contribution in [-0.2, 0) is 28.8 Å². The van der Waals surface area contributed by atoms with Crippen molar-refractivity contribution in [3.63, 3.8) is 0 Å². The van der Waals surface area contributed by atoms with Crippen LogP contribution in [0, 0.1) is 0 Å². The van der Waals surface area contributed by atoms with Gasteiger partial charge < -0.3 is 10.6 Å². The summed E-state index contributed by atoms with van der Waals surface area (Å²) >= 11 is 0. The zero-order chi connectivity index (χ0) is 24.5. The fourth-order valence-electron chi connectivity index (χ4n) is 2.03. The molecule has 182 valence electrons. The molecule has 0 radical (unpaired) electrons. The fourth-order valence-corrected chi connectivity index (χ4v) is 4.01. The zero-order valence-corrected chi connectivity index (χ0v) is 18.6. The third-order valence-corrected chi connectivity index (χ3v) is 6.01. The minimum absolute atomic E-state index is 0.0371. The number of nitrogens with one attached hydrogen (secondary N) is 6. The van der Waals surface area contributed by atoms with Gasteiger partial charge in [0, 0.05) is 24.3 Å². The second-order valence-electron chi connectivity index (χ2n) is 5.94. The van der Waals surface area contributed by atoms with Crippen LogP contribution in [-0.4, -0.2) is 59.0 Å². The summed E-state index contributed by atoms with van der Waals surface area (Å²) < 4.78 is 0. The van der Waals surface area contributed by atoms with E-state index < -0.39 is 47.5 Å². The predicted molar refractivity (Wildman–Crippen MR) is 117 cm³/mol. The van der Waals surface area contributed by atoms with Crippen molar-refractivity contribution in [3.05, 3.63) is 0 Å². The van der Waals surface area contributed by atoms with Crippen molar-refractivity contribution in [2.24, 2.45) is 23.4 Å². The molecule has 0 aliphatic carbocycles. The smallest absolute Gasteiger partial charge is 0.256 e. The Kier molecular flexibility index (Phi) is 15.6. The van der Waals surface area contributed by atoms with Crippen molar-refractivity contribution in [1.82, 2.24) is 32.3 Å². The molecule has 0 bridgehead atoms. The van der Waals surface area contributed by atoms with Crippen LogP contribution in [0.25, 0.3) is 0 Å². The van der Waals surface area contributed by atoms with Gasteiger partial charge in [0.05, 0.1) is 12.8 Å². The summed E-state index contributed by atoms with van der Waals surface area (Å²) in [5.74, 6) is 16.9. The van der Waals surface area contributed by atoms with Crippen LogP contribution in [0.5, 0.6) is 0 Å². The summed E-state index contributed by atoms with van der Waals surface area (Å²) in [5.41, 5.74) is 7.40. The first-order valence-electron chi connectivity index (χ1n) is 9.01. The van der Waals surface area contributed by atoms with Gasteiger partial charge in [-0.25, -0.2) is 23.4 Å². The maximum atomic E-state index is 11.9. The van der Waals surface area contributed by atoms with Gasteiger partial charge >= 0.3 is 0 Å². The van der Waals surface area contributed by atoms with Gasteiger partial charge in [-0.3, -0.25) is 50.5 Å². The highest BCUT2D eigenvalue weighted by Crippen LogP contribution is 2.22. The van der Waals surface area contributed by atoms with Gasteiger partial charge in [-0.2, -0.15) is 0 Å². The van der Waals surface area contributed by atoms with Gasteiger partial charge in [0.15, 0.2) is 0 Å². The van der Waals surface area contributed by atoms with Crippen molar-refractivity contribution in [3.8, 4) is 0 Å². The topological polar surface area (TPSA) is 279 Å². The van der Waals surface area contributed by atoms with Crippen LogP contribution >= 0.6 is 21.6 Å². The molecule has 0 aromatic heterocycles. The van der Waals surface area contributed by atoms with Crippen molar-refractivity contribution in [1.29, 1.82) is 0 Å². The molecule has 18 heteroatoms. The fraction of sp³-hybridized carbons (Fsp3) is 0.571. The van der Waals surface area contributed by atoms with Gasteiger partial charge in [0.2, 0.25) is 23.6 Å². The standard InChI is InChI=1S/C14H28N10O6S2/c15-21-11(27)5-7(13(29)23-17)19-9(25)1-3-31-32-4-2-10(26)20-8(14(30)24-18)6-12(28)22-16/h7-8H,1-6,15-18H2,(H,19,25)(H,20,26)(H,21,27)(H,22,28)(H,23,29)(H,24,30). The molecule has 0 spiro atoms. The molecule has 0 aliphatic rings. The van der Waals surface area contributed by atoms with Gasteiger partial charge in [-0.05, 0) is 0 Å². The Balaban J connectivity index is 4.23. The summed E-state index contributed by atoms with van der Waals surface area (Å²) in [6, 6.07) is -2.34. The number of hydrogen-bond donors (Lipinski definition) is 10. The van der Waals surface area contributed by atoms with Gasteiger partial charge in [0.1, 0.15) is 12.1 Å². The summed E-state index contributed by atoms with van der Waals surface area (Å²) in [4.78, 5) is 69.7. The Morgan fingerprint density at radius 2 is 0.906 bits per heavy atom. The highest BCUT2D eigenvalue weighted by atomic mass is 33.1. The molecule has 0 saturated heterocycles. The average Bonchev–Trinajstić information content (AvgIpc) is 2.78. The Labute approximate surface area is 191 Å². The van der Waals surface area contributed by atoms with E-state index in [9.17, 15) is 28.8 Å². The summed E-state index contributed by atoms with van der Waals surface area (Å²) in [7, 11) is 2.60. The molecule has 0 saturated carbocycles. The lowest BCUT2D eigenvalue weighted by atomic mass is 10.2. The van der Waals surface area contributed by atoms with Crippen LogP contribution < -0.4 is 55.7 Å². The van der Waals surface area contributed by atoms with Crippen LogP contribution in [0.15, 0.2) is 0 Å². The molecular weight excluding hydrogens is 468 g/mol. The number of nitrogens with two attached hydrogens (primary N) is 4. The van der Waals surface area contributed by atoms with Crippen LogP contribution in [0.1, 0.15) is 25.7 Å². The Bertz CT molecular complexity index is 626. The maximum absolute atomic E-state index is 11.9. The summed E-state index contributed by atoms with van der Waals surface area (Å²) in [6.45, 7) is 0. The first-order chi connectivity index (χ1) is 15.2. The molecule has 16 nitrogen and oxygen atoms in total. The van der Waals surface area contributed by atoms with E-state index in [-0.39, 0.29) is 25.7 Å². The number of carbonyl (C=O) groups is 6. The number of hydrazine groups is 4. The molecular formula is C14H28N10O6S2. The molecule has 0 aliphatic heterocycles. The highest BCUT2D eigenvalue weighted by Gasteiger charge is 2.24. The van der Waals surface area contributed by atoms with E-state index in [4.69, 9.17) is 23.4 Å². The largest absolute Gasteiger partial charge is 0.344 e. The molecule has 0 fully saturated rings. The summed E-state index contributed by atoms with van der Waals surface area (Å²) in [6.07, 6.45) is -0.679. The van der Waals surface area contributed by atoms with E-state index in [1.807, 2.05) is 21.7 Å². The molecule has 6 amide bonds. The molecule has 2 unspecified atom stereocenters. The number of amides is 6. The van der Waals surface area contributed by atoms with Crippen molar-refractivity contribution in [2.75, 3.05) is 11.5 Å². The van der Waals surface area contributed by atoms with Crippen LogP contribution in [0.2, 0.25) is 0 Å². The Hall–Kier alpha value is -2.64. The molecule has 0 aromatic rings. The first-order valence-corrected chi connectivity index (χ1v) is 11.5. The minimum Gasteiger partial charge on any atom is -0.344 e. The molecule has 2 atom stereocenters. The first kappa shape index (κ1) is 29.4. The Morgan fingerprint density at radius 3 is 1.19 bits per heavy atom. The van der Waals surface area contributed by atoms with E-state index in [0.717, 1.165) is 0 Å². The van der Waals surface area contributed by atoms with Crippen molar-refractivity contribution < 1.29 is 28.8 Å². The lowest BCUT2D eigenvalue weighted by Crippen LogP contribution is -2.51. The van der Waals surface area contributed by atoms with Gasteiger partial charge in [-0.15, -0.1) is 0 Å². The number of hydrogen-bond acceptors (Lipinski definition) is 12. The van der Waals surface area contributed by atoms with Gasteiger partial charge in [0.25, 0.3) is 11.8 Å². The van der Waals surface area contributed by atoms with E-state index in [2.05, 4.69) is 10.6 Å². The lowest BCUT2D eigenvalue weighted by molar-refractivity contribution is -0.131. The SMILES string of the molecule is NNC(=O)CC(NC(=O)CCSSCCC(=O)NC(CC(=O)NN)C(=O)NN)C(=O)NN. The summed E-state index contributed by atoms with van der Waals surface area (Å²) in [5, 5.41) is 4.75. The highest BCUT2D eigenvalue weighted by molar-refractivity contribution is 8.76. The lowest BCUT2D eigenvalue weighted by Gasteiger charge is -2.16. The second kappa shape index (κ2) is 17.0. The monoisotopic (exact) mass is 496 g/mol. The van der Waals surface area contributed by atoms with E-state index >= 15 is 0 Å². The average molecular weight is 497 g/mol. The number of carbonyl (C=O) groups excluding carboxylic acids is 6. The van der Waals surface area contributed by atoms with E-state index in [0.29, 0.717) is 11.5 Å². The zero-order valence-electron chi connectivity index (χ0n) is 17.0. The molecule has 0 rings (SSSR count). The quantitative estimate of drug-likeness (QED) is 0.0335. The van der Waals surface area contributed by atoms with E-state index in [1.165, 1.54) is 21.6 Å². The minimum atomic E-state index is -1.17. The molecule has 32 heavy (non-hydrogen) atoms. The maximum Gasteiger partial charge on any atom is 0.256 e. The Morgan fingerprint density at radius 1 is 0.562 bits per heavy atom. The van der Waals surface area contributed by atoms with Crippen LogP contribution in [0.3, 0.4) is 0 Å². The predicted octanol–water partition coefficient (Wildman–Crippen LogP) is -5.14. The molecule has 0 heterocycles. The third kappa shape index (κ3) is 12.9. The van der Waals surface area contributed by atoms with Crippen molar-refractivity contribution >= 4 is 57.0 Å². The van der Waals surface area contributed by atoms with E-state index in [1.54, 1.807) is 0 Å². The van der Waals surface area contributed by atoms with Gasteiger partial charge in [-0.1, -0.05) is 21.6 Å². The molecule has 14 N–H and O–H groups in total. The van der Waals surface area contributed by atoms with Crippen LogP contribution in [0.4, 0.5) is 0 Å². The molecule has 0 aromatic carbocycles. The van der Waals surface area contributed by atoms with Crippen molar-refractivity contribution in [2.45, 2.75) is 37.8 Å². The number of rotatable bonds is 15. The second-order valence-corrected chi connectivity index (χ2v) is 8.65. The normalized spacial score (nSPS) is 12.0. The third-order valence-electron chi connectivity index (χ3n) is 3.60.